The Hall–Kier alpha value is -2.71. The van der Waals surface area contributed by atoms with E-state index >= 15 is 0 Å². The Morgan fingerprint density at radius 2 is 1.77 bits per heavy atom. The van der Waals surface area contributed by atoms with Crippen LogP contribution in [0.15, 0.2) is 84.0 Å². The summed E-state index contributed by atoms with van der Waals surface area (Å²) in [6.45, 7) is 8.31. The Kier molecular flexibility index (Phi) is 7.98. The molecule has 30 heavy (non-hydrogen) atoms. The van der Waals surface area contributed by atoms with Crippen LogP contribution in [0.1, 0.15) is 43.7 Å². The van der Waals surface area contributed by atoms with Crippen LogP contribution in [-0.4, -0.2) is 10.7 Å². The van der Waals surface area contributed by atoms with Gasteiger partial charge in [0.05, 0.1) is 0 Å². The zero-order valence-corrected chi connectivity index (χ0v) is 18.6. The van der Waals surface area contributed by atoms with Crippen molar-refractivity contribution < 1.29 is 0 Å². The van der Waals surface area contributed by atoms with E-state index in [2.05, 4.69) is 48.0 Å². The second-order valence-electron chi connectivity index (χ2n) is 7.72. The highest BCUT2D eigenvalue weighted by Gasteiger charge is 2.06. The van der Waals surface area contributed by atoms with Gasteiger partial charge >= 0.3 is 0 Å². The summed E-state index contributed by atoms with van der Waals surface area (Å²) in [6.07, 6.45) is 7.52. The maximum Gasteiger partial charge on any atom is 0.155 e. The third-order valence-corrected chi connectivity index (χ3v) is 5.52. The van der Waals surface area contributed by atoms with Crippen molar-refractivity contribution in [1.29, 1.82) is 0 Å². The van der Waals surface area contributed by atoms with Crippen LogP contribution in [-0.2, 0) is 6.42 Å². The highest BCUT2D eigenvalue weighted by Crippen LogP contribution is 2.26. The number of benzene rings is 2. The molecule has 0 bridgehead atoms. The SMILES string of the molecule is C=C(CCCCCc1ccccc1)/C(C)=N/c1ncc(-c2cccc(Cl)c2)cc1C. The molecule has 2 nitrogen and oxygen atoms in total. The molecule has 0 amide bonds. The van der Waals surface area contributed by atoms with Crippen LogP contribution in [0, 0.1) is 6.92 Å². The van der Waals surface area contributed by atoms with Gasteiger partial charge in [-0.05, 0) is 80.0 Å². The van der Waals surface area contributed by atoms with E-state index in [9.17, 15) is 0 Å². The molecule has 0 atom stereocenters. The predicted octanol–water partition coefficient (Wildman–Crippen LogP) is 8.16. The van der Waals surface area contributed by atoms with E-state index in [-0.39, 0.29) is 0 Å². The number of rotatable bonds is 9. The summed E-state index contributed by atoms with van der Waals surface area (Å²) in [5.41, 5.74) is 6.62. The molecule has 1 aromatic heterocycles. The fourth-order valence-electron chi connectivity index (χ4n) is 3.42. The van der Waals surface area contributed by atoms with Crippen molar-refractivity contribution in [2.45, 2.75) is 46.0 Å². The maximum atomic E-state index is 6.11. The van der Waals surface area contributed by atoms with Gasteiger partial charge in [0.1, 0.15) is 0 Å². The Labute approximate surface area is 185 Å². The van der Waals surface area contributed by atoms with Crippen molar-refractivity contribution in [2.24, 2.45) is 4.99 Å². The minimum Gasteiger partial charge on any atom is -0.236 e. The molecule has 0 fully saturated rings. The van der Waals surface area contributed by atoms with Crippen molar-refractivity contribution >= 4 is 23.1 Å². The average Bonchev–Trinajstić information content (AvgIpc) is 2.75. The van der Waals surface area contributed by atoms with Gasteiger partial charge in [-0.15, -0.1) is 0 Å². The van der Waals surface area contributed by atoms with Gasteiger partial charge in [0.2, 0.25) is 0 Å². The van der Waals surface area contributed by atoms with Gasteiger partial charge in [-0.3, -0.25) is 0 Å². The van der Waals surface area contributed by atoms with Crippen molar-refractivity contribution in [3.63, 3.8) is 0 Å². The van der Waals surface area contributed by atoms with Gasteiger partial charge in [-0.25, -0.2) is 9.98 Å². The Morgan fingerprint density at radius 1 is 0.967 bits per heavy atom. The largest absolute Gasteiger partial charge is 0.236 e. The summed E-state index contributed by atoms with van der Waals surface area (Å²) in [5.74, 6) is 0.753. The van der Waals surface area contributed by atoms with E-state index in [1.165, 1.54) is 18.4 Å². The summed E-state index contributed by atoms with van der Waals surface area (Å²) < 4.78 is 0. The topological polar surface area (TPSA) is 25.2 Å². The number of aromatic nitrogens is 1. The summed E-state index contributed by atoms with van der Waals surface area (Å²) >= 11 is 6.11. The van der Waals surface area contributed by atoms with Crippen LogP contribution >= 0.6 is 11.6 Å². The van der Waals surface area contributed by atoms with Gasteiger partial charge in [-0.2, -0.15) is 0 Å². The molecule has 2 aromatic carbocycles. The van der Waals surface area contributed by atoms with Crippen molar-refractivity contribution in [3.05, 3.63) is 95.2 Å². The minimum atomic E-state index is 0.725. The number of allylic oxidation sites excluding steroid dienone is 1. The van der Waals surface area contributed by atoms with E-state index in [1.807, 2.05) is 44.3 Å². The second-order valence-corrected chi connectivity index (χ2v) is 8.16. The van der Waals surface area contributed by atoms with Crippen LogP contribution in [0.5, 0.6) is 0 Å². The van der Waals surface area contributed by atoms with Crippen molar-refractivity contribution in [1.82, 2.24) is 4.98 Å². The highest BCUT2D eigenvalue weighted by atomic mass is 35.5. The lowest BCUT2D eigenvalue weighted by atomic mass is 10.0. The predicted molar refractivity (Wildman–Crippen MR) is 130 cm³/mol. The van der Waals surface area contributed by atoms with Gasteiger partial charge in [-0.1, -0.05) is 67.1 Å². The van der Waals surface area contributed by atoms with Gasteiger partial charge in [0.25, 0.3) is 0 Å². The lowest BCUT2D eigenvalue weighted by Gasteiger charge is -2.08. The molecule has 0 spiro atoms. The van der Waals surface area contributed by atoms with E-state index in [0.29, 0.717) is 0 Å². The zero-order chi connectivity index (χ0) is 21.3. The first-order valence-electron chi connectivity index (χ1n) is 10.5. The Morgan fingerprint density at radius 3 is 2.50 bits per heavy atom. The van der Waals surface area contributed by atoms with Crippen LogP contribution in [0.25, 0.3) is 11.1 Å². The smallest absolute Gasteiger partial charge is 0.155 e. The second kappa shape index (κ2) is 10.9. The van der Waals surface area contributed by atoms with Crippen molar-refractivity contribution in [3.8, 4) is 11.1 Å². The monoisotopic (exact) mass is 416 g/mol. The third kappa shape index (κ3) is 6.40. The summed E-state index contributed by atoms with van der Waals surface area (Å²) in [4.78, 5) is 9.32. The van der Waals surface area contributed by atoms with Crippen LogP contribution in [0.2, 0.25) is 5.02 Å². The lowest BCUT2D eigenvalue weighted by molar-refractivity contribution is 0.682. The number of hydrogen-bond acceptors (Lipinski definition) is 2. The number of hydrogen-bond donors (Lipinski definition) is 0. The molecule has 1 heterocycles. The molecule has 154 valence electrons. The third-order valence-electron chi connectivity index (χ3n) is 5.28. The quantitative estimate of drug-likeness (QED) is 0.255. The summed E-state index contributed by atoms with van der Waals surface area (Å²) in [6, 6.07) is 20.6. The molecule has 3 aromatic rings. The first-order valence-corrected chi connectivity index (χ1v) is 10.9. The van der Waals surface area contributed by atoms with Gasteiger partial charge < -0.3 is 0 Å². The Balaban J connectivity index is 1.53. The first kappa shape index (κ1) is 22.0. The fourth-order valence-corrected chi connectivity index (χ4v) is 3.61. The fraction of sp³-hybridized carbons (Fsp3) is 0.259. The van der Waals surface area contributed by atoms with Crippen LogP contribution in [0.4, 0.5) is 5.82 Å². The van der Waals surface area contributed by atoms with Gasteiger partial charge in [0, 0.05) is 22.5 Å². The number of aliphatic imine (C=N–C) groups is 1. The summed E-state index contributed by atoms with van der Waals surface area (Å²) in [7, 11) is 0. The lowest BCUT2D eigenvalue weighted by Crippen LogP contribution is -1.97. The average molecular weight is 417 g/mol. The molecule has 0 aliphatic heterocycles. The molecule has 0 aliphatic rings. The molecule has 0 saturated heterocycles. The van der Waals surface area contributed by atoms with E-state index in [4.69, 9.17) is 16.6 Å². The number of aryl methyl sites for hydroxylation is 2. The number of nitrogens with zero attached hydrogens (tertiary/aromatic N) is 2. The van der Waals surface area contributed by atoms with E-state index < -0.39 is 0 Å². The zero-order valence-electron chi connectivity index (χ0n) is 17.9. The molecule has 3 heteroatoms. The van der Waals surface area contributed by atoms with Gasteiger partial charge in [0.15, 0.2) is 5.82 Å². The van der Waals surface area contributed by atoms with Crippen molar-refractivity contribution in [2.75, 3.05) is 0 Å². The molecular weight excluding hydrogens is 388 g/mol. The highest BCUT2D eigenvalue weighted by molar-refractivity contribution is 6.30. The molecule has 0 aliphatic carbocycles. The first-order chi connectivity index (χ1) is 14.5. The van der Waals surface area contributed by atoms with E-state index in [1.54, 1.807) is 0 Å². The number of unbranched alkanes of at least 4 members (excludes halogenated alkanes) is 2. The molecular formula is C27H29ClN2. The minimum absolute atomic E-state index is 0.725. The molecule has 0 N–H and O–H groups in total. The Bertz CT molecular complexity index is 1020. The molecule has 0 radical (unpaired) electrons. The number of pyridine rings is 1. The molecule has 0 saturated carbocycles. The number of halogens is 1. The normalized spacial score (nSPS) is 11.5. The molecule has 0 unspecified atom stereocenters. The maximum absolute atomic E-state index is 6.11. The van der Waals surface area contributed by atoms with Crippen LogP contribution in [0.3, 0.4) is 0 Å². The van der Waals surface area contributed by atoms with E-state index in [0.717, 1.165) is 58.1 Å². The van der Waals surface area contributed by atoms with Crippen LogP contribution < -0.4 is 0 Å². The summed E-state index contributed by atoms with van der Waals surface area (Å²) in [5, 5.41) is 0.725. The standard InChI is InChI=1S/C27H29ClN2/c1-20(11-6-4-7-12-23-13-8-5-9-14-23)22(3)30-27-21(2)17-25(19-29-27)24-15-10-16-26(28)18-24/h5,8-10,13-19H,1,4,6-7,11-12H2,2-3H3/b30-22+. The molecule has 3 rings (SSSR count).